The Balaban J connectivity index is 2.37. The van der Waals surface area contributed by atoms with E-state index < -0.39 is 58.7 Å². The minimum absolute atomic E-state index is 0.239. The van der Waals surface area contributed by atoms with Crippen LogP contribution in [-0.2, 0) is 33.4 Å². The highest BCUT2D eigenvalue weighted by molar-refractivity contribution is 7.86. The topological polar surface area (TPSA) is 157 Å². The molecule has 0 radical (unpaired) electrons. The van der Waals surface area contributed by atoms with Crippen LogP contribution in [0, 0.1) is 6.92 Å². The first kappa shape index (κ1) is 22.2. The van der Waals surface area contributed by atoms with E-state index in [1.807, 2.05) is 0 Å². The third-order valence-corrected chi connectivity index (χ3v) is 5.50. The quantitative estimate of drug-likeness (QED) is 0.401. The van der Waals surface area contributed by atoms with Gasteiger partial charge in [-0.1, -0.05) is 17.7 Å². The SMILES string of the molecule is CC(=O)O[C@@H]1C(O)[C@H](OC(C)=O)[C@@H](O)C(OS(=O)(=O)c2ccc(C)cc2)[C@H]1O. The van der Waals surface area contributed by atoms with Crippen LogP contribution in [0.1, 0.15) is 19.4 Å². The number of aliphatic hydroxyl groups is 3. The second-order valence-electron chi connectivity index (χ2n) is 6.45. The average Bonchev–Trinajstić information content (AvgIpc) is 2.59. The molecule has 156 valence electrons. The van der Waals surface area contributed by atoms with Crippen LogP contribution < -0.4 is 0 Å². The summed E-state index contributed by atoms with van der Waals surface area (Å²) in [4.78, 5) is 22.3. The Morgan fingerprint density at radius 3 is 1.61 bits per heavy atom. The minimum atomic E-state index is -4.45. The van der Waals surface area contributed by atoms with Gasteiger partial charge in [-0.05, 0) is 19.1 Å². The zero-order valence-electron chi connectivity index (χ0n) is 15.4. The monoisotopic (exact) mass is 418 g/mol. The number of esters is 2. The van der Waals surface area contributed by atoms with E-state index in [1.54, 1.807) is 6.92 Å². The van der Waals surface area contributed by atoms with Crippen molar-refractivity contribution in [3.8, 4) is 0 Å². The van der Waals surface area contributed by atoms with Gasteiger partial charge in [0.25, 0.3) is 10.1 Å². The molecule has 0 aliphatic heterocycles. The van der Waals surface area contributed by atoms with E-state index >= 15 is 0 Å². The van der Waals surface area contributed by atoms with Gasteiger partial charge in [0, 0.05) is 13.8 Å². The molecule has 2 rings (SSSR count). The Morgan fingerprint density at radius 1 is 0.821 bits per heavy atom. The molecule has 0 aromatic heterocycles. The normalized spacial score (nSPS) is 30.5. The number of carbonyl (C=O) groups is 2. The molecule has 0 heterocycles. The summed E-state index contributed by atoms with van der Waals surface area (Å²) < 4.78 is 39.7. The number of benzene rings is 1. The molecular formula is C17H22O10S. The van der Waals surface area contributed by atoms with E-state index in [4.69, 9.17) is 13.7 Å². The van der Waals surface area contributed by atoms with Crippen LogP contribution in [0.2, 0.25) is 0 Å². The summed E-state index contributed by atoms with van der Waals surface area (Å²) in [6, 6.07) is 5.59. The van der Waals surface area contributed by atoms with Gasteiger partial charge in [-0.15, -0.1) is 0 Å². The van der Waals surface area contributed by atoms with Crippen LogP contribution in [0.25, 0.3) is 0 Å². The van der Waals surface area contributed by atoms with E-state index in [1.165, 1.54) is 24.3 Å². The van der Waals surface area contributed by atoms with Crippen molar-refractivity contribution in [2.75, 3.05) is 0 Å². The van der Waals surface area contributed by atoms with Crippen LogP contribution in [-0.4, -0.2) is 72.3 Å². The molecule has 1 saturated carbocycles. The molecule has 1 aromatic rings. The van der Waals surface area contributed by atoms with Crippen molar-refractivity contribution < 1.29 is 47.0 Å². The van der Waals surface area contributed by atoms with Crippen LogP contribution in [0.15, 0.2) is 29.2 Å². The minimum Gasteiger partial charge on any atom is -0.457 e. The second kappa shape index (κ2) is 8.53. The first-order valence-electron chi connectivity index (χ1n) is 8.32. The molecule has 0 bridgehead atoms. The molecule has 10 nitrogen and oxygen atoms in total. The third-order valence-electron chi connectivity index (χ3n) is 4.17. The van der Waals surface area contributed by atoms with Crippen LogP contribution in [0.3, 0.4) is 0 Å². The van der Waals surface area contributed by atoms with Gasteiger partial charge in [0.1, 0.15) is 24.4 Å². The van der Waals surface area contributed by atoms with Crippen LogP contribution in [0.4, 0.5) is 0 Å². The van der Waals surface area contributed by atoms with E-state index in [9.17, 15) is 33.3 Å². The lowest BCUT2D eigenvalue weighted by Crippen LogP contribution is -2.66. The third kappa shape index (κ3) is 4.86. The smallest absolute Gasteiger partial charge is 0.303 e. The van der Waals surface area contributed by atoms with Gasteiger partial charge in [-0.25, -0.2) is 0 Å². The van der Waals surface area contributed by atoms with E-state index in [0.717, 1.165) is 19.4 Å². The molecule has 1 aliphatic rings. The van der Waals surface area contributed by atoms with Crippen molar-refractivity contribution in [2.24, 2.45) is 0 Å². The standard InChI is InChI=1S/C17H22O10S/c1-8-4-6-11(7-5-8)28(23,24)27-17-13(21)15(25-9(2)18)12(20)16(14(17)22)26-10(3)19/h4-7,12-17,20-22H,1-3H3/t12?,13-,14+,15+,16-,17?. The fourth-order valence-electron chi connectivity index (χ4n) is 2.85. The first-order valence-corrected chi connectivity index (χ1v) is 9.73. The lowest BCUT2D eigenvalue weighted by Gasteiger charge is -2.43. The predicted molar refractivity (Wildman–Crippen MR) is 92.4 cm³/mol. The molecule has 1 aliphatic carbocycles. The molecular weight excluding hydrogens is 396 g/mol. The summed E-state index contributed by atoms with van der Waals surface area (Å²) in [6.07, 6.45) is -10.9. The van der Waals surface area contributed by atoms with Gasteiger partial charge >= 0.3 is 11.9 Å². The number of aryl methyl sites for hydroxylation is 1. The van der Waals surface area contributed by atoms with Crippen molar-refractivity contribution in [3.63, 3.8) is 0 Å². The Bertz CT molecular complexity index is 789. The van der Waals surface area contributed by atoms with Gasteiger partial charge in [-0.3, -0.25) is 13.8 Å². The Hall–Kier alpha value is -2.05. The maximum absolute atomic E-state index is 12.5. The Labute approximate surface area is 161 Å². The number of hydrogen-bond donors (Lipinski definition) is 3. The van der Waals surface area contributed by atoms with Crippen molar-refractivity contribution in [1.29, 1.82) is 0 Å². The fourth-order valence-corrected chi connectivity index (χ4v) is 3.95. The molecule has 28 heavy (non-hydrogen) atoms. The van der Waals surface area contributed by atoms with Crippen LogP contribution >= 0.6 is 0 Å². The number of hydrogen-bond acceptors (Lipinski definition) is 10. The zero-order valence-corrected chi connectivity index (χ0v) is 16.2. The highest BCUT2D eigenvalue weighted by Crippen LogP contribution is 2.30. The van der Waals surface area contributed by atoms with Gasteiger partial charge < -0.3 is 24.8 Å². The summed E-state index contributed by atoms with van der Waals surface area (Å²) >= 11 is 0. The lowest BCUT2D eigenvalue weighted by molar-refractivity contribution is -0.234. The molecule has 1 aromatic carbocycles. The largest absolute Gasteiger partial charge is 0.457 e. The highest BCUT2D eigenvalue weighted by atomic mass is 32.2. The van der Waals surface area contributed by atoms with Crippen molar-refractivity contribution in [3.05, 3.63) is 29.8 Å². The molecule has 11 heteroatoms. The molecule has 2 unspecified atom stereocenters. The molecule has 3 N–H and O–H groups in total. The van der Waals surface area contributed by atoms with Crippen molar-refractivity contribution in [1.82, 2.24) is 0 Å². The molecule has 0 amide bonds. The Morgan fingerprint density at radius 2 is 1.21 bits per heavy atom. The Kier molecular flexibility index (Phi) is 6.78. The number of carbonyl (C=O) groups excluding carboxylic acids is 2. The van der Waals surface area contributed by atoms with Gasteiger partial charge in [-0.2, -0.15) is 8.42 Å². The average molecular weight is 418 g/mol. The first-order chi connectivity index (χ1) is 12.9. The predicted octanol–water partition coefficient (Wildman–Crippen LogP) is -0.971. The molecule has 6 atom stereocenters. The lowest BCUT2D eigenvalue weighted by atomic mass is 9.84. The zero-order chi connectivity index (χ0) is 21.2. The maximum Gasteiger partial charge on any atom is 0.303 e. The summed E-state index contributed by atoms with van der Waals surface area (Å²) in [6.45, 7) is 3.76. The molecule has 0 spiro atoms. The molecule has 0 saturated heterocycles. The van der Waals surface area contributed by atoms with Crippen LogP contribution in [0.5, 0.6) is 0 Å². The highest BCUT2D eigenvalue weighted by Gasteiger charge is 2.54. The van der Waals surface area contributed by atoms with E-state index in [2.05, 4.69) is 0 Å². The number of ether oxygens (including phenoxy) is 2. The van der Waals surface area contributed by atoms with Crippen molar-refractivity contribution >= 4 is 22.1 Å². The van der Waals surface area contributed by atoms with E-state index in [-0.39, 0.29) is 4.90 Å². The van der Waals surface area contributed by atoms with Gasteiger partial charge in [0.05, 0.1) is 4.90 Å². The summed E-state index contributed by atoms with van der Waals surface area (Å²) in [5.74, 6) is -1.78. The fraction of sp³-hybridized carbons (Fsp3) is 0.529. The number of aliphatic hydroxyl groups excluding tert-OH is 3. The van der Waals surface area contributed by atoms with Crippen molar-refractivity contribution in [2.45, 2.75) is 62.3 Å². The molecule has 1 fully saturated rings. The summed E-state index contributed by atoms with van der Waals surface area (Å²) in [5, 5.41) is 31.0. The number of rotatable bonds is 5. The second-order valence-corrected chi connectivity index (χ2v) is 8.02. The van der Waals surface area contributed by atoms with Gasteiger partial charge in [0.15, 0.2) is 12.2 Å². The van der Waals surface area contributed by atoms with E-state index in [0.29, 0.717) is 0 Å². The summed E-state index contributed by atoms with van der Waals surface area (Å²) in [5.41, 5.74) is 0.796. The maximum atomic E-state index is 12.5. The summed E-state index contributed by atoms with van der Waals surface area (Å²) in [7, 11) is -4.45. The van der Waals surface area contributed by atoms with Gasteiger partial charge in [0.2, 0.25) is 0 Å².